The Bertz CT molecular complexity index is 1720. The van der Waals surface area contributed by atoms with Crippen molar-refractivity contribution in [2.75, 3.05) is 44.0 Å². The first-order valence-electron chi connectivity index (χ1n) is 14.0. The Kier molecular flexibility index (Phi) is 7.40. The van der Waals surface area contributed by atoms with Crippen molar-refractivity contribution in [3.05, 3.63) is 60.6 Å². The number of fused-ring (bicyclic) bond motifs is 1. The molecule has 1 aromatic carbocycles. The van der Waals surface area contributed by atoms with E-state index < -0.39 is 17.5 Å². The maximum Gasteiger partial charge on any atom is 0.472 e. The van der Waals surface area contributed by atoms with E-state index in [2.05, 4.69) is 9.97 Å². The van der Waals surface area contributed by atoms with Crippen molar-refractivity contribution in [1.29, 1.82) is 0 Å². The molecule has 0 saturated carbocycles. The van der Waals surface area contributed by atoms with Gasteiger partial charge >= 0.3 is 12.1 Å². The number of likely N-dealkylation sites (tertiary alicyclic amines) is 1. The molecule has 3 aromatic heterocycles. The van der Waals surface area contributed by atoms with Crippen molar-refractivity contribution in [3.8, 4) is 11.4 Å². The summed E-state index contributed by atoms with van der Waals surface area (Å²) < 4.78 is 53.0. The van der Waals surface area contributed by atoms with Crippen molar-refractivity contribution in [1.82, 2.24) is 24.6 Å². The number of alkyl halides is 3. The van der Waals surface area contributed by atoms with Gasteiger partial charge in [-0.15, -0.1) is 0 Å². The number of hydrogen-bond acceptors (Lipinski definition) is 8. The summed E-state index contributed by atoms with van der Waals surface area (Å²) in [4.78, 5) is 36.3. The Morgan fingerprint density at radius 1 is 1.11 bits per heavy atom. The van der Waals surface area contributed by atoms with Crippen molar-refractivity contribution in [2.24, 2.45) is 5.41 Å². The number of nitrogens with two attached hydrogens (primary N) is 1. The van der Waals surface area contributed by atoms with Gasteiger partial charge in [0.15, 0.2) is 0 Å². The van der Waals surface area contributed by atoms with E-state index in [1.165, 1.54) is 37.6 Å². The van der Waals surface area contributed by atoms with Crippen LogP contribution in [-0.4, -0.2) is 76.1 Å². The number of nitrogens with zero attached hydrogens (tertiary/aromatic N) is 6. The molecule has 5 heterocycles. The standard InChI is InChI=1S/C30H30F3N7O4/c1-29(16-44-17-29)27(41)38-13-3-4-18(15-38)24-22-10-12-36-26(34)25(22)40(37-24)20-7-5-19(6-8-20)39(28(42)30(31,32)33)23-14-21(43-2)9-11-35-23/h5-12,14,18H,3-4,13,15-17H2,1-2H3,(H2,34,36). The summed E-state index contributed by atoms with van der Waals surface area (Å²) in [6, 6.07) is 10.4. The highest BCUT2D eigenvalue weighted by molar-refractivity contribution is 6.03. The van der Waals surface area contributed by atoms with Gasteiger partial charge in [-0.2, -0.15) is 18.3 Å². The Hall–Kier alpha value is -4.72. The topological polar surface area (TPSA) is 129 Å². The van der Waals surface area contributed by atoms with E-state index >= 15 is 0 Å². The van der Waals surface area contributed by atoms with Crippen LogP contribution >= 0.6 is 0 Å². The van der Waals surface area contributed by atoms with Gasteiger partial charge in [0.25, 0.3) is 0 Å². The van der Waals surface area contributed by atoms with Crippen LogP contribution in [0, 0.1) is 5.41 Å². The first-order valence-corrected chi connectivity index (χ1v) is 14.0. The number of carbonyl (C=O) groups is 2. The van der Waals surface area contributed by atoms with Gasteiger partial charge in [-0.05, 0) is 56.2 Å². The van der Waals surface area contributed by atoms with Gasteiger partial charge in [0.2, 0.25) is 5.91 Å². The number of rotatable bonds is 6. The SMILES string of the molecule is COc1ccnc(N(C(=O)C(F)(F)F)c2ccc(-n3nc(C4CCCN(C(=O)C5(C)COC5)C4)c4ccnc(N)c43)cc2)c1. The highest BCUT2D eigenvalue weighted by Crippen LogP contribution is 2.38. The first kappa shape index (κ1) is 29.4. The fourth-order valence-corrected chi connectivity index (χ4v) is 5.77. The molecule has 2 aliphatic heterocycles. The third kappa shape index (κ3) is 5.19. The van der Waals surface area contributed by atoms with Crippen LogP contribution in [0.3, 0.4) is 0 Å². The minimum Gasteiger partial charge on any atom is -0.497 e. The maximum absolute atomic E-state index is 13.6. The number of ether oxygens (including phenoxy) is 2. The minimum absolute atomic E-state index is 0.0606. The monoisotopic (exact) mass is 609 g/mol. The van der Waals surface area contributed by atoms with E-state index in [4.69, 9.17) is 20.3 Å². The lowest BCUT2D eigenvalue weighted by atomic mass is 9.85. The lowest BCUT2D eigenvalue weighted by molar-refractivity contribution is -0.170. The van der Waals surface area contributed by atoms with Gasteiger partial charge in [0.05, 0.1) is 42.8 Å². The molecule has 14 heteroatoms. The summed E-state index contributed by atoms with van der Waals surface area (Å²) in [6.07, 6.45) is -0.692. The molecule has 6 rings (SSSR count). The molecule has 11 nitrogen and oxygen atoms in total. The number of hydrogen-bond donors (Lipinski definition) is 1. The molecular weight excluding hydrogens is 579 g/mol. The lowest BCUT2D eigenvalue weighted by Crippen LogP contribution is -2.55. The average Bonchev–Trinajstić information content (AvgIpc) is 3.41. The molecule has 2 amide bonds. The number of carbonyl (C=O) groups excluding carboxylic acids is 2. The smallest absolute Gasteiger partial charge is 0.472 e. The predicted molar refractivity (Wildman–Crippen MR) is 155 cm³/mol. The number of piperidine rings is 1. The highest BCUT2D eigenvalue weighted by Gasteiger charge is 2.45. The van der Waals surface area contributed by atoms with E-state index in [-0.39, 0.29) is 34.9 Å². The minimum atomic E-state index is -5.16. The number of methoxy groups -OCH3 is 1. The molecule has 2 saturated heterocycles. The van der Waals surface area contributed by atoms with Gasteiger partial charge in [0, 0.05) is 42.9 Å². The molecular formula is C30H30F3N7O4. The van der Waals surface area contributed by atoms with E-state index in [1.54, 1.807) is 23.0 Å². The number of nitrogen functional groups attached to an aromatic ring is 1. The molecule has 4 aromatic rings. The quantitative estimate of drug-likeness (QED) is 0.341. The van der Waals surface area contributed by atoms with E-state index in [1.807, 2.05) is 17.9 Å². The van der Waals surface area contributed by atoms with Gasteiger partial charge in [-0.25, -0.2) is 14.6 Å². The van der Waals surface area contributed by atoms with Gasteiger partial charge < -0.3 is 20.1 Å². The van der Waals surface area contributed by atoms with E-state index in [0.717, 1.165) is 23.9 Å². The highest BCUT2D eigenvalue weighted by atomic mass is 19.4. The molecule has 0 aliphatic carbocycles. The van der Waals surface area contributed by atoms with Crippen LogP contribution in [0.5, 0.6) is 5.75 Å². The normalized spacial score (nSPS) is 18.1. The first-order chi connectivity index (χ1) is 21.0. The summed E-state index contributed by atoms with van der Waals surface area (Å²) in [5, 5.41) is 5.68. The molecule has 2 fully saturated rings. The number of pyridine rings is 2. The Morgan fingerprint density at radius 2 is 1.84 bits per heavy atom. The van der Waals surface area contributed by atoms with Crippen LogP contribution in [0.15, 0.2) is 54.9 Å². The number of aromatic nitrogens is 4. The Labute approximate surface area is 250 Å². The molecule has 2 aliphatic rings. The Balaban J connectivity index is 1.36. The van der Waals surface area contributed by atoms with Gasteiger partial charge in [-0.1, -0.05) is 0 Å². The Morgan fingerprint density at radius 3 is 2.50 bits per heavy atom. The van der Waals surface area contributed by atoms with E-state index in [0.29, 0.717) is 42.4 Å². The second kappa shape index (κ2) is 11.1. The third-order valence-corrected chi connectivity index (χ3v) is 8.08. The third-order valence-electron chi connectivity index (χ3n) is 8.08. The molecule has 1 atom stereocenters. The zero-order valence-electron chi connectivity index (χ0n) is 24.0. The summed E-state index contributed by atoms with van der Waals surface area (Å²) in [7, 11) is 1.36. The van der Waals surface area contributed by atoms with Crippen molar-refractivity contribution >= 4 is 40.0 Å². The largest absolute Gasteiger partial charge is 0.497 e. The summed E-state index contributed by atoms with van der Waals surface area (Å²) in [6.45, 7) is 3.87. The summed E-state index contributed by atoms with van der Waals surface area (Å²) in [5.41, 5.74) is 7.52. The molecule has 230 valence electrons. The van der Waals surface area contributed by atoms with Gasteiger partial charge in [0.1, 0.15) is 22.9 Å². The molecule has 1 unspecified atom stereocenters. The van der Waals surface area contributed by atoms with Gasteiger partial charge in [-0.3, -0.25) is 14.5 Å². The number of anilines is 3. The van der Waals surface area contributed by atoms with Crippen LogP contribution in [0.2, 0.25) is 0 Å². The zero-order valence-corrected chi connectivity index (χ0v) is 24.0. The number of benzene rings is 1. The zero-order chi connectivity index (χ0) is 31.2. The fraction of sp³-hybridized carbons (Fsp3) is 0.367. The molecule has 2 N–H and O–H groups in total. The predicted octanol–water partition coefficient (Wildman–Crippen LogP) is 4.38. The number of halogens is 3. The van der Waals surface area contributed by atoms with Crippen molar-refractivity contribution in [3.63, 3.8) is 0 Å². The van der Waals surface area contributed by atoms with Crippen LogP contribution in [0.4, 0.5) is 30.5 Å². The number of amides is 2. The molecule has 0 spiro atoms. The fourth-order valence-electron chi connectivity index (χ4n) is 5.77. The lowest BCUT2D eigenvalue weighted by Gasteiger charge is -2.42. The van der Waals surface area contributed by atoms with Crippen LogP contribution in [-0.2, 0) is 14.3 Å². The van der Waals surface area contributed by atoms with Crippen molar-refractivity contribution in [2.45, 2.75) is 31.9 Å². The van der Waals surface area contributed by atoms with Crippen LogP contribution in [0.1, 0.15) is 31.4 Å². The summed E-state index contributed by atoms with van der Waals surface area (Å²) in [5.74, 6) is -1.90. The van der Waals surface area contributed by atoms with Crippen molar-refractivity contribution < 1.29 is 32.2 Å². The second-order valence-electron chi connectivity index (χ2n) is 11.2. The van der Waals surface area contributed by atoms with E-state index in [9.17, 15) is 22.8 Å². The molecule has 0 radical (unpaired) electrons. The molecule has 44 heavy (non-hydrogen) atoms. The van der Waals surface area contributed by atoms with Crippen LogP contribution < -0.4 is 15.4 Å². The second-order valence-corrected chi connectivity index (χ2v) is 11.2. The van der Waals surface area contributed by atoms with Crippen LogP contribution in [0.25, 0.3) is 16.6 Å². The maximum atomic E-state index is 13.6. The average molecular weight is 610 g/mol. The molecule has 0 bridgehead atoms. The summed E-state index contributed by atoms with van der Waals surface area (Å²) >= 11 is 0.